The van der Waals surface area contributed by atoms with E-state index in [4.69, 9.17) is 4.74 Å². The van der Waals surface area contributed by atoms with Crippen LogP contribution in [-0.2, 0) is 25.0 Å². The number of alkyl halides is 3. The first-order valence-electron chi connectivity index (χ1n) is 12.6. The molecule has 212 valence electrons. The van der Waals surface area contributed by atoms with Gasteiger partial charge in [0.25, 0.3) is 0 Å². The number of aliphatic carboxylic acids is 1. The average molecular weight is 565 g/mol. The van der Waals surface area contributed by atoms with Gasteiger partial charge in [-0.2, -0.15) is 5.10 Å². The molecule has 0 saturated heterocycles. The van der Waals surface area contributed by atoms with Crippen molar-refractivity contribution in [2.24, 2.45) is 13.0 Å². The van der Waals surface area contributed by atoms with Gasteiger partial charge in [-0.1, -0.05) is 18.9 Å². The molecule has 0 radical (unpaired) electrons. The lowest BCUT2D eigenvalue weighted by atomic mass is 9.78. The van der Waals surface area contributed by atoms with Gasteiger partial charge in [0.05, 0.1) is 23.7 Å². The highest BCUT2D eigenvalue weighted by molar-refractivity contribution is 5.79. The van der Waals surface area contributed by atoms with E-state index in [-0.39, 0.29) is 41.3 Å². The monoisotopic (exact) mass is 564 g/mol. The van der Waals surface area contributed by atoms with Gasteiger partial charge in [-0.3, -0.25) is 9.48 Å². The molecule has 2 unspecified atom stereocenters. The largest absolute Gasteiger partial charge is 0.573 e. The fourth-order valence-corrected chi connectivity index (χ4v) is 5.19. The van der Waals surface area contributed by atoms with Gasteiger partial charge in [0.2, 0.25) is 0 Å². The Bertz CT molecular complexity index is 1550. The average Bonchev–Trinajstić information content (AvgIpc) is 3.47. The van der Waals surface area contributed by atoms with Crippen LogP contribution in [0.3, 0.4) is 0 Å². The summed E-state index contributed by atoms with van der Waals surface area (Å²) in [5.41, 5.74) is 0.686. The summed E-state index contributed by atoms with van der Waals surface area (Å²) in [6.07, 6.45) is -0.960. The summed E-state index contributed by atoms with van der Waals surface area (Å²) in [7, 11) is 1.73. The van der Waals surface area contributed by atoms with E-state index in [0.29, 0.717) is 31.0 Å². The Balaban J connectivity index is 1.58. The molecule has 2 aromatic carbocycles. The highest BCUT2D eigenvalue weighted by Gasteiger charge is 2.36. The molecular weight excluding hydrogens is 539 g/mol. The summed E-state index contributed by atoms with van der Waals surface area (Å²) in [6, 6.07) is 7.31. The highest BCUT2D eigenvalue weighted by Crippen LogP contribution is 2.40. The standard InChI is InChI=1S/C27H25F5N4O4/c1-35-11-10-16(34-35)14-39-22-9-8-21-24(23(22)29)36(25(33-21)18-4-2-3-5-19(18)26(37)38)13-15-6-7-17(12-20(15)28)40-27(30,31)32/h6-12,18-19H,2-5,13-14H2,1H3,(H,37,38). The van der Waals surface area contributed by atoms with E-state index in [1.54, 1.807) is 24.0 Å². The van der Waals surface area contributed by atoms with Crippen LogP contribution in [0, 0.1) is 17.6 Å². The quantitative estimate of drug-likeness (QED) is 0.267. The van der Waals surface area contributed by atoms with E-state index in [1.807, 2.05) is 0 Å². The number of carbonyl (C=O) groups is 1. The number of imidazole rings is 1. The van der Waals surface area contributed by atoms with Gasteiger partial charge >= 0.3 is 12.3 Å². The number of nitrogens with zero attached hydrogens (tertiary/aromatic N) is 4. The molecule has 40 heavy (non-hydrogen) atoms. The van der Waals surface area contributed by atoms with Crippen molar-refractivity contribution in [2.45, 2.75) is 51.1 Å². The van der Waals surface area contributed by atoms with Crippen LogP contribution in [0.15, 0.2) is 42.6 Å². The first-order valence-corrected chi connectivity index (χ1v) is 12.6. The number of carboxylic acids is 1. The molecule has 2 aromatic heterocycles. The van der Waals surface area contributed by atoms with Gasteiger partial charge < -0.3 is 19.1 Å². The van der Waals surface area contributed by atoms with Crippen molar-refractivity contribution in [1.29, 1.82) is 0 Å². The molecule has 5 rings (SSSR count). The summed E-state index contributed by atoms with van der Waals surface area (Å²) < 4.78 is 81.2. The Kier molecular flexibility index (Phi) is 7.39. The van der Waals surface area contributed by atoms with Gasteiger partial charge in [0.15, 0.2) is 11.6 Å². The minimum atomic E-state index is -5.00. The number of fused-ring (bicyclic) bond motifs is 1. The van der Waals surface area contributed by atoms with Crippen LogP contribution >= 0.6 is 0 Å². The molecule has 1 aliphatic carbocycles. The molecule has 1 fully saturated rings. The van der Waals surface area contributed by atoms with E-state index in [9.17, 15) is 27.5 Å². The molecule has 4 aromatic rings. The zero-order chi connectivity index (χ0) is 28.6. The Morgan fingerprint density at radius 2 is 1.90 bits per heavy atom. The van der Waals surface area contributed by atoms with Crippen molar-refractivity contribution in [3.63, 3.8) is 0 Å². The van der Waals surface area contributed by atoms with Crippen LogP contribution in [-0.4, -0.2) is 36.8 Å². The summed E-state index contributed by atoms with van der Waals surface area (Å²) in [5.74, 6) is -4.74. The third-order valence-corrected chi connectivity index (χ3v) is 6.99. The van der Waals surface area contributed by atoms with Gasteiger partial charge in [0, 0.05) is 30.8 Å². The van der Waals surface area contributed by atoms with Crippen molar-refractivity contribution in [3.8, 4) is 11.5 Å². The Morgan fingerprint density at radius 3 is 2.58 bits per heavy atom. The highest BCUT2D eigenvalue weighted by atomic mass is 19.4. The van der Waals surface area contributed by atoms with Crippen molar-refractivity contribution >= 4 is 17.0 Å². The molecule has 1 saturated carbocycles. The van der Waals surface area contributed by atoms with Crippen molar-refractivity contribution in [2.75, 3.05) is 0 Å². The van der Waals surface area contributed by atoms with E-state index in [2.05, 4.69) is 14.8 Å². The number of aromatic nitrogens is 4. The molecular formula is C27H25F5N4O4. The second-order valence-electron chi connectivity index (χ2n) is 9.71. The molecule has 2 heterocycles. The summed E-state index contributed by atoms with van der Waals surface area (Å²) in [6.45, 7) is -0.337. The number of carboxylic acid groups (broad SMARTS) is 1. The maximum absolute atomic E-state index is 16.0. The predicted molar refractivity (Wildman–Crippen MR) is 132 cm³/mol. The first-order chi connectivity index (χ1) is 19.0. The number of hydrogen-bond donors (Lipinski definition) is 1. The SMILES string of the molecule is Cn1ccc(COc2ccc3nc(C4CCCCC4C(=O)O)n(Cc4ccc(OC(F)(F)F)cc4F)c3c2F)n1. The maximum atomic E-state index is 16.0. The summed E-state index contributed by atoms with van der Waals surface area (Å²) in [5, 5.41) is 14.1. The number of halogens is 5. The third-order valence-electron chi connectivity index (χ3n) is 6.99. The molecule has 0 amide bonds. The predicted octanol–water partition coefficient (Wildman–Crippen LogP) is 5.93. The smallest absolute Gasteiger partial charge is 0.484 e. The van der Waals surface area contributed by atoms with Crippen LogP contribution in [0.2, 0.25) is 0 Å². The molecule has 0 bridgehead atoms. The lowest BCUT2D eigenvalue weighted by Crippen LogP contribution is -2.28. The lowest BCUT2D eigenvalue weighted by molar-refractivity contribution is -0.274. The minimum absolute atomic E-state index is 0.0245. The molecule has 0 spiro atoms. The Labute approximate surface area is 224 Å². The Hall–Kier alpha value is -4.16. The first kappa shape index (κ1) is 27.4. The zero-order valence-electron chi connectivity index (χ0n) is 21.3. The molecule has 0 aliphatic heterocycles. The third kappa shape index (κ3) is 5.73. The number of benzene rings is 2. The van der Waals surface area contributed by atoms with Crippen molar-refractivity contribution < 1.29 is 41.3 Å². The van der Waals surface area contributed by atoms with Crippen molar-refractivity contribution in [1.82, 2.24) is 19.3 Å². The van der Waals surface area contributed by atoms with Gasteiger partial charge in [-0.25, -0.2) is 13.8 Å². The number of rotatable bonds is 8. The van der Waals surface area contributed by atoms with Crippen LogP contribution in [0.1, 0.15) is 48.7 Å². The molecule has 1 aliphatic rings. The van der Waals surface area contributed by atoms with E-state index < -0.39 is 41.6 Å². The number of ether oxygens (including phenoxy) is 2. The van der Waals surface area contributed by atoms with Crippen LogP contribution in [0.5, 0.6) is 11.5 Å². The van der Waals surface area contributed by atoms with Crippen LogP contribution in [0.4, 0.5) is 22.0 Å². The van der Waals surface area contributed by atoms with Gasteiger partial charge in [0.1, 0.15) is 29.5 Å². The van der Waals surface area contributed by atoms with Gasteiger partial charge in [-0.05, 0) is 37.1 Å². The summed E-state index contributed by atoms with van der Waals surface area (Å²) >= 11 is 0. The number of aryl methyl sites for hydroxylation is 1. The fraction of sp³-hybridized carbons (Fsp3) is 0.370. The van der Waals surface area contributed by atoms with Crippen molar-refractivity contribution in [3.05, 3.63) is 71.3 Å². The van der Waals surface area contributed by atoms with E-state index >= 15 is 4.39 Å². The second-order valence-corrected chi connectivity index (χ2v) is 9.71. The van der Waals surface area contributed by atoms with Crippen LogP contribution < -0.4 is 9.47 Å². The van der Waals surface area contributed by atoms with Crippen LogP contribution in [0.25, 0.3) is 11.0 Å². The normalized spacial score (nSPS) is 17.8. The van der Waals surface area contributed by atoms with E-state index in [0.717, 1.165) is 18.6 Å². The Morgan fingerprint density at radius 1 is 1.12 bits per heavy atom. The molecule has 8 nitrogen and oxygen atoms in total. The fourth-order valence-electron chi connectivity index (χ4n) is 5.19. The summed E-state index contributed by atoms with van der Waals surface area (Å²) in [4.78, 5) is 16.6. The van der Waals surface area contributed by atoms with Gasteiger partial charge in [-0.15, -0.1) is 13.2 Å². The molecule has 1 N–H and O–H groups in total. The zero-order valence-corrected chi connectivity index (χ0v) is 21.3. The number of hydrogen-bond acceptors (Lipinski definition) is 5. The second kappa shape index (κ2) is 10.8. The van der Waals surface area contributed by atoms with E-state index in [1.165, 1.54) is 16.7 Å². The topological polar surface area (TPSA) is 91.4 Å². The lowest BCUT2D eigenvalue weighted by Gasteiger charge is -2.28. The minimum Gasteiger partial charge on any atom is -0.484 e. The molecule has 13 heteroatoms. The molecule has 2 atom stereocenters. The maximum Gasteiger partial charge on any atom is 0.573 e.